The molecule has 4 aromatic rings. The van der Waals surface area contributed by atoms with Crippen LogP contribution in [0.2, 0.25) is 0 Å². The van der Waals surface area contributed by atoms with Crippen LogP contribution in [0.5, 0.6) is 0 Å². The van der Waals surface area contributed by atoms with Gasteiger partial charge in [0.15, 0.2) is 5.65 Å². The number of furan rings is 1. The molecule has 0 radical (unpaired) electrons. The molecule has 0 bridgehead atoms. The standard InChI is InChI=1S/C21H22N6O3/c1-13-6-7-16(9-14(13)2)24-20-23-15(3)10-18-25-26(21(29)27(18)20)12-19(28)22-11-17-5-4-8-30-17/h4-10H,11-12H2,1-3H3,(H,22,28)(H,23,24). The number of aromatic nitrogens is 4. The van der Waals surface area contributed by atoms with Crippen LogP contribution in [0, 0.1) is 20.8 Å². The Morgan fingerprint density at radius 2 is 1.97 bits per heavy atom. The Morgan fingerprint density at radius 3 is 2.70 bits per heavy atom. The molecule has 0 unspecified atom stereocenters. The number of carbonyl (C=O) groups is 1. The summed E-state index contributed by atoms with van der Waals surface area (Å²) >= 11 is 0. The minimum atomic E-state index is -0.447. The van der Waals surface area contributed by atoms with Crippen LogP contribution in [0.4, 0.5) is 11.6 Å². The summed E-state index contributed by atoms with van der Waals surface area (Å²) < 4.78 is 7.68. The van der Waals surface area contributed by atoms with E-state index < -0.39 is 5.69 Å². The molecule has 0 aliphatic rings. The predicted octanol–water partition coefficient (Wildman–Crippen LogP) is 2.47. The average Bonchev–Trinajstić information content (AvgIpc) is 3.31. The minimum absolute atomic E-state index is 0.205. The summed E-state index contributed by atoms with van der Waals surface area (Å²) in [4.78, 5) is 29.6. The zero-order valence-electron chi connectivity index (χ0n) is 17.0. The number of nitrogens with one attached hydrogen (secondary N) is 2. The van der Waals surface area contributed by atoms with Gasteiger partial charge in [0.25, 0.3) is 0 Å². The monoisotopic (exact) mass is 406 g/mol. The quantitative estimate of drug-likeness (QED) is 0.509. The number of fused-ring (bicyclic) bond motifs is 1. The van der Waals surface area contributed by atoms with Crippen LogP contribution in [0.25, 0.3) is 5.65 Å². The van der Waals surface area contributed by atoms with Gasteiger partial charge in [0, 0.05) is 17.4 Å². The minimum Gasteiger partial charge on any atom is -0.467 e. The van der Waals surface area contributed by atoms with E-state index in [2.05, 4.69) is 20.7 Å². The summed E-state index contributed by atoms with van der Waals surface area (Å²) in [5.41, 5.74) is 3.78. The van der Waals surface area contributed by atoms with Crippen LogP contribution in [0.15, 0.2) is 51.9 Å². The molecular formula is C21H22N6O3. The SMILES string of the molecule is Cc1cc2nn(CC(=O)NCc3ccco3)c(=O)n2c(Nc2ccc(C)c(C)c2)n1. The van der Waals surface area contributed by atoms with E-state index >= 15 is 0 Å². The van der Waals surface area contributed by atoms with Crippen LogP contribution in [-0.2, 0) is 17.9 Å². The van der Waals surface area contributed by atoms with Gasteiger partial charge >= 0.3 is 5.69 Å². The van der Waals surface area contributed by atoms with Crippen LogP contribution in [0.1, 0.15) is 22.6 Å². The molecule has 0 aliphatic carbocycles. The number of anilines is 2. The van der Waals surface area contributed by atoms with Gasteiger partial charge in [-0.05, 0) is 56.2 Å². The van der Waals surface area contributed by atoms with Gasteiger partial charge in [-0.25, -0.2) is 18.9 Å². The summed E-state index contributed by atoms with van der Waals surface area (Å²) in [6, 6.07) is 11.1. The second-order valence-electron chi connectivity index (χ2n) is 7.14. The molecule has 0 saturated heterocycles. The van der Waals surface area contributed by atoms with Crippen LogP contribution >= 0.6 is 0 Å². The first-order valence-corrected chi connectivity index (χ1v) is 9.51. The van der Waals surface area contributed by atoms with Crippen molar-refractivity contribution in [3.8, 4) is 0 Å². The Balaban J connectivity index is 1.61. The number of benzene rings is 1. The fourth-order valence-corrected chi connectivity index (χ4v) is 3.08. The van der Waals surface area contributed by atoms with E-state index in [1.165, 1.54) is 16.2 Å². The van der Waals surface area contributed by atoms with E-state index in [9.17, 15) is 9.59 Å². The Morgan fingerprint density at radius 1 is 1.13 bits per heavy atom. The van der Waals surface area contributed by atoms with Gasteiger partial charge < -0.3 is 15.1 Å². The average molecular weight is 406 g/mol. The highest BCUT2D eigenvalue weighted by Crippen LogP contribution is 2.19. The lowest BCUT2D eigenvalue weighted by Crippen LogP contribution is -2.32. The Hall–Kier alpha value is -3.88. The molecule has 1 amide bonds. The number of hydrogen-bond acceptors (Lipinski definition) is 6. The molecule has 0 atom stereocenters. The summed E-state index contributed by atoms with van der Waals surface area (Å²) in [6.07, 6.45) is 1.54. The van der Waals surface area contributed by atoms with Crippen LogP contribution < -0.4 is 16.3 Å². The van der Waals surface area contributed by atoms with Gasteiger partial charge in [0.2, 0.25) is 11.9 Å². The number of aryl methyl sites for hydroxylation is 3. The van der Waals surface area contributed by atoms with Gasteiger partial charge in [-0.15, -0.1) is 5.10 Å². The van der Waals surface area contributed by atoms with Crippen molar-refractivity contribution in [3.05, 3.63) is 75.7 Å². The van der Waals surface area contributed by atoms with Gasteiger partial charge in [-0.2, -0.15) is 0 Å². The third-order valence-corrected chi connectivity index (χ3v) is 4.79. The summed E-state index contributed by atoms with van der Waals surface area (Å²) in [5, 5.41) is 10.2. The maximum atomic E-state index is 12.9. The van der Waals surface area contributed by atoms with Crippen LogP contribution in [0.3, 0.4) is 0 Å². The summed E-state index contributed by atoms with van der Waals surface area (Å²) in [7, 11) is 0. The largest absolute Gasteiger partial charge is 0.467 e. The van der Waals surface area contributed by atoms with E-state index in [0.717, 1.165) is 15.9 Å². The number of carbonyl (C=O) groups excluding carboxylic acids is 1. The summed E-state index contributed by atoms with van der Waals surface area (Å²) in [6.45, 7) is 5.92. The third kappa shape index (κ3) is 3.95. The lowest BCUT2D eigenvalue weighted by molar-refractivity contribution is -0.122. The molecule has 0 fully saturated rings. The molecule has 0 saturated carbocycles. The molecule has 30 heavy (non-hydrogen) atoms. The molecule has 4 rings (SSSR count). The molecule has 2 N–H and O–H groups in total. The highest BCUT2D eigenvalue weighted by molar-refractivity contribution is 5.75. The number of amides is 1. The first kappa shape index (κ1) is 19.4. The van der Waals surface area contributed by atoms with E-state index in [1.807, 2.05) is 39.0 Å². The van der Waals surface area contributed by atoms with Gasteiger partial charge in [-0.1, -0.05) is 6.07 Å². The fraction of sp³-hybridized carbons (Fsp3) is 0.238. The highest BCUT2D eigenvalue weighted by atomic mass is 16.3. The summed E-state index contributed by atoms with van der Waals surface area (Å²) in [5.74, 6) is 0.635. The van der Waals surface area contributed by atoms with Crippen molar-refractivity contribution in [2.75, 3.05) is 5.32 Å². The smallest absolute Gasteiger partial charge is 0.353 e. The second kappa shape index (κ2) is 7.86. The molecule has 1 aromatic carbocycles. The first-order valence-electron chi connectivity index (χ1n) is 9.51. The Kier molecular flexibility index (Phi) is 5.09. The lowest BCUT2D eigenvalue weighted by atomic mass is 10.1. The molecule has 154 valence electrons. The molecule has 9 nitrogen and oxygen atoms in total. The van der Waals surface area contributed by atoms with Crippen molar-refractivity contribution in [3.63, 3.8) is 0 Å². The van der Waals surface area contributed by atoms with E-state index in [1.54, 1.807) is 18.2 Å². The van der Waals surface area contributed by atoms with E-state index in [-0.39, 0.29) is 19.0 Å². The first-order chi connectivity index (χ1) is 14.4. The number of hydrogen-bond donors (Lipinski definition) is 2. The highest BCUT2D eigenvalue weighted by Gasteiger charge is 2.15. The molecule has 0 aliphatic heterocycles. The van der Waals surface area contributed by atoms with Crippen molar-refractivity contribution in [2.45, 2.75) is 33.9 Å². The van der Waals surface area contributed by atoms with Gasteiger partial charge in [0.1, 0.15) is 12.3 Å². The molecule has 0 spiro atoms. The second-order valence-corrected chi connectivity index (χ2v) is 7.14. The molecule has 9 heteroatoms. The van der Waals surface area contributed by atoms with E-state index in [4.69, 9.17) is 4.42 Å². The van der Waals surface area contributed by atoms with Crippen molar-refractivity contribution < 1.29 is 9.21 Å². The number of rotatable bonds is 6. The van der Waals surface area contributed by atoms with E-state index in [0.29, 0.717) is 23.0 Å². The van der Waals surface area contributed by atoms with Crippen molar-refractivity contribution in [1.29, 1.82) is 0 Å². The van der Waals surface area contributed by atoms with Crippen LogP contribution in [-0.4, -0.2) is 25.1 Å². The Bertz CT molecular complexity index is 1270. The van der Waals surface area contributed by atoms with Gasteiger partial charge in [0.05, 0.1) is 12.8 Å². The van der Waals surface area contributed by atoms with Crippen molar-refractivity contribution in [2.24, 2.45) is 0 Å². The normalized spacial score (nSPS) is 11.0. The fourth-order valence-electron chi connectivity index (χ4n) is 3.08. The van der Waals surface area contributed by atoms with Crippen molar-refractivity contribution in [1.82, 2.24) is 24.5 Å². The molecular weight excluding hydrogens is 384 g/mol. The zero-order valence-corrected chi connectivity index (χ0v) is 17.0. The topological polar surface area (TPSA) is 106 Å². The maximum absolute atomic E-state index is 12.9. The molecule has 3 heterocycles. The third-order valence-electron chi connectivity index (χ3n) is 4.79. The van der Waals surface area contributed by atoms with Crippen molar-refractivity contribution >= 4 is 23.2 Å². The van der Waals surface area contributed by atoms with Gasteiger partial charge in [-0.3, -0.25) is 4.79 Å². The lowest BCUT2D eigenvalue weighted by Gasteiger charge is -2.09. The molecule has 3 aromatic heterocycles. The maximum Gasteiger partial charge on any atom is 0.353 e. The Labute approximate surface area is 172 Å². The number of nitrogens with zero attached hydrogens (tertiary/aromatic N) is 4. The zero-order chi connectivity index (χ0) is 21.3. The predicted molar refractivity (Wildman–Crippen MR) is 112 cm³/mol.